The van der Waals surface area contributed by atoms with Crippen LogP contribution in [0.25, 0.3) is 6.08 Å². The van der Waals surface area contributed by atoms with Crippen molar-refractivity contribution in [3.05, 3.63) is 54.2 Å². The van der Waals surface area contributed by atoms with E-state index in [0.29, 0.717) is 5.57 Å². The number of nitrogens with one attached hydrogen (secondary N) is 1. The molecule has 1 aromatic carbocycles. The first kappa shape index (κ1) is 10.3. The van der Waals surface area contributed by atoms with Gasteiger partial charge in [0.2, 0.25) is 5.91 Å². The molecular weight excluding hydrogens is 174 g/mol. The van der Waals surface area contributed by atoms with Crippen molar-refractivity contribution in [3.8, 4) is 0 Å². The number of hydrogen-bond acceptors (Lipinski definition) is 1. The zero-order chi connectivity index (χ0) is 10.4. The van der Waals surface area contributed by atoms with Gasteiger partial charge in [-0.1, -0.05) is 36.9 Å². The summed E-state index contributed by atoms with van der Waals surface area (Å²) >= 11 is 0. The Bertz CT molecular complexity index is 352. The molecule has 2 nitrogen and oxygen atoms in total. The van der Waals surface area contributed by atoms with E-state index in [1.54, 1.807) is 13.1 Å². The van der Waals surface area contributed by atoms with E-state index in [1.165, 1.54) is 0 Å². The smallest absolute Gasteiger partial charge is 0.250 e. The quantitative estimate of drug-likeness (QED) is 0.723. The van der Waals surface area contributed by atoms with Gasteiger partial charge in [-0.2, -0.15) is 0 Å². The molecular formula is C12H13NO. The van der Waals surface area contributed by atoms with Crippen LogP contribution in [-0.2, 0) is 4.79 Å². The summed E-state index contributed by atoms with van der Waals surface area (Å²) in [6.07, 6.45) is 3.45. The second kappa shape index (κ2) is 5.02. The summed E-state index contributed by atoms with van der Waals surface area (Å²) < 4.78 is 0. The van der Waals surface area contributed by atoms with Crippen LogP contribution in [-0.4, -0.2) is 5.91 Å². The highest BCUT2D eigenvalue weighted by molar-refractivity contribution is 5.93. The van der Waals surface area contributed by atoms with Gasteiger partial charge in [-0.15, -0.1) is 0 Å². The Balaban J connectivity index is 2.50. The Kier molecular flexibility index (Phi) is 3.68. The van der Waals surface area contributed by atoms with Crippen LogP contribution in [0.15, 0.2) is 48.7 Å². The first-order valence-electron chi connectivity index (χ1n) is 4.38. The molecule has 0 aliphatic rings. The maximum atomic E-state index is 11.1. The van der Waals surface area contributed by atoms with Gasteiger partial charge in [-0.25, -0.2) is 0 Å². The Labute approximate surface area is 84.0 Å². The molecule has 1 aromatic rings. The third-order valence-electron chi connectivity index (χ3n) is 1.68. The summed E-state index contributed by atoms with van der Waals surface area (Å²) in [5.74, 6) is -0.155. The SMILES string of the molecule is C=C(C)C(=O)N/C=C\c1ccccc1. The molecule has 0 bridgehead atoms. The lowest BCUT2D eigenvalue weighted by atomic mass is 10.2. The summed E-state index contributed by atoms with van der Waals surface area (Å²) in [6.45, 7) is 5.21. The lowest BCUT2D eigenvalue weighted by Gasteiger charge is -1.97. The van der Waals surface area contributed by atoms with Crippen LogP contribution in [0, 0.1) is 0 Å². The lowest BCUT2D eigenvalue weighted by Crippen LogP contribution is -2.16. The predicted molar refractivity (Wildman–Crippen MR) is 58.4 cm³/mol. The predicted octanol–water partition coefficient (Wildman–Crippen LogP) is 2.35. The fraction of sp³-hybridized carbons (Fsp3) is 0.0833. The average molecular weight is 187 g/mol. The molecule has 0 aliphatic carbocycles. The Morgan fingerprint density at radius 2 is 2.00 bits per heavy atom. The summed E-state index contributed by atoms with van der Waals surface area (Å²) in [5.41, 5.74) is 1.55. The molecule has 1 rings (SSSR count). The van der Waals surface area contributed by atoms with E-state index in [1.807, 2.05) is 36.4 Å². The Morgan fingerprint density at radius 1 is 1.36 bits per heavy atom. The monoisotopic (exact) mass is 187 g/mol. The fourth-order valence-corrected chi connectivity index (χ4v) is 0.901. The zero-order valence-corrected chi connectivity index (χ0v) is 8.16. The minimum Gasteiger partial charge on any atom is -0.329 e. The average Bonchev–Trinajstić information content (AvgIpc) is 2.19. The molecule has 1 N–H and O–H groups in total. The van der Waals surface area contributed by atoms with E-state index in [4.69, 9.17) is 0 Å². The molecule has 0 fully saturated rings. The third-order valence-corrected chi connectivity index (χ3v) is 1.68. The van der Waals surface area contributed by atoms with Gasteiger partial charge in [0.1, 0.15) is 0 Å². The van der Waals surface area contributed by atoms with E-state index in [0.717, 1.165) is 5.56 Å². The van der Waals surface area contributed by atoms with Crippen LogP contribution < -0.4 is 5.32 Å². The summed E-state index contributed by atoms with van der Waals surface area (Å²) in [7, 11) is 0. The van der Waals surface area contributed by atoms with Crippen LogP contribution in [0.5, 0.6) is 0 Å². The van der Waals surface area contributed by atoms with Crippen LogP contribution in [0.1, 0.15) is 12.5 Å². The highest BCUT2D eigenvalue weighted by Crippen LogP contribution is 1.99. The first-order chi connectivity index (χ1) is 6.70. The van der Waals surface area contributed by atoms with E-state index in [-0.39, 0.29) is 5.91 Å². The molecule has 0 saturated carbocycles. The van der Waals surface area contributed by atoms with Crippen molar-refractivity contribution in [1.29, 1.82) is 0 Å². The topological polar surface area (TPSA) is 29.1 Å². The maximum absolute atomic E-state index is 11.1. The van der Waals surface area contributed by atoms with Gasteiger partial charge in [0.05, 0.1) is 0 Å². The number of rotatable bonds is 3. The van der Waals surface area contributed by atoms with Gasteiger partial charge in [-0.3, -0.25) is 4.79 Å². The third kappa shape index (κ3) is 3.27. The minimum absolute atomic E-state index is 0.155. The number of amides is 1. The summed E-state index contributed by atoms with van der Waals surface area (Å²) in [5, 5.41) is 2.61. The molecule has 0 radical (unpaired) electrons. The van der Waals surface area contributed by atoms with Gasteiger partial charge < -0.3 is 5.32 Å². The molecule has 0 heterocycles. The standard InChI is InChI=1S/C12H13NO/c1-10(2)12(14)13-9-8-11-6-4-3-5-7-11/h3-9H,1H2,2H3,(H,13,14)/b9-8-. The highest BCUT2D eigenvalue weighted by Gasteiger charge is 1.95. The Morgan fingerprint density at radius 3 is 2.57 bits per heavy atom. The van der Waals surface area contributed by atoms with Crippen molar-refractivity contribution in [2.45, 2.75) is 6.92 Å². The molecule has 2 heteroatoms. The Hall–Kier alpha value is -1.83. The molecule has 0 spiro atoms. The van der Waals surface area contributed by atoms with E-state index in [9.17, 15) is 4.79 Å². The normalized spacial score (nSPS) is 10.1. The number of carbonyl (C=O) groups excluding carboxylic acids is 1. The lowest BCUT2D eigenvalue weighted by molar-refractivity contribution is -0.116. The largest absolute Gasteiger partial charge is 0.329 e. The van der Waals surface area contributed by atoms with Crippen molar-refractivity contribution in [1.82, 2.24) is 5.32 Å². The number of benzene rings is 1. The van der Waals surface area contributed by atoms with Crippen molar-refractivity contribution in [2.75, 3.05) is 0 Å². The molecule has 0 atom stereocenters. The van der Waals surface area contributed by atoms with Gasteiger partial charge in [0.15, 0.2) is 0 Å². The summed E-state index contributed by atoms with van der Waals surface area (Å²) in [6, 6.07) is 9.76. The molecule has 1 amide bonds. The zero-order valence-electron chi connectivity index (χ0n) is 8.16. The number of carbonyl (C=O) groups is 1. The fourth-order valence-electron chi connectivity index (χ4n) is 0.901. The molecule has 0 aliphatic heterocycles. The molecule has 0 unspecified atom stereocenters. The second-order valence-electron chi connectivity index (χ2n) is 3.00. The highest BCUT2D eigenvalue weighted by atomic mass is 16.1. The molecule has 0 saturated heterocycles. The van der Waals surface area contributed by atoms with Crippen LogP contribution in [0.4, 0.5) is 0 Å². The molecule has 0 aromatic heterocycles. The van der Waals surface area contributed by atoms with Crippen LogP contribution >= 0.6 is 0 Å². The maximum Gasteiger partial charge on any atom is 0.250 e. The van der Waals surface area contributed by atoms with Crippen molar-refractivity contribution in [3.63, 3.8) is 0 Å². The second-order valence-corrected chi connectivity index (χ2v) is 3.00. The molecule has 14 heavy (non-hydrogen) atoms. The van der Waals surface area contributed by atoms with Crippen LogP contribution in [0.3, 0.4) is 0 Å². The number of hydrogen-bond donors (Lipinski definition) is 1. The van der Waals surface area contributed by atoms with Crippen molar-refractivity contribution >= 4 is 12.0 Å². The van der Waals surface area contributed by atoms with Gasteiger partial charge >= 0.3 is 0 Å². The summed E-state index contributed by atoms with van der Waals surface area (Å²) in [4.78, 5) is 11.1. The van der Waals surface area contributed by atoms with Gasteiger partial charge in [0.25, 0.3) is 0 Å². The van der Waals surface area contributed by atoms with Crippen LogP contribution in [0.2, 0.25) is 0 Å². The van der Waals surface area contributed by atoms with E-state index >= 15 is 0 Å². The van der Waals surface area contributed by atoms with Gasteiger partial charge in [-0.05, 0) is 18.6 Å². The van der Waals surface area contributed by atoms with E-state index < -0.39 is 0 Å². The van der Waals surface area contributed by atoms with Gasteiger partial charge in [0, 0.05) is 11.8 Å². The first-order valence-corrected chi connectivity index (χ1v) is 4.38. The van der Waals surface area contributed by atoms with Crippen molar-refractivity contribution in [2.24, 2.45) is 0 Å². The minimum atomic E-state index is -0.155. The van der Waals surface area contributed by atoms with E-state index in [2.05, 4.69) is 11.9 Å². The molecule has 72 valence electrons. The van der Waals surface area contributed by atoms with Crippen molar-refractivity contribution < 1.29 is 4.79 Å².